The zero-order valence-corrected chi connectivity index (χ0v) is 15.0. The lowest BCUT2D eigenvalue weighted by Crippen LogP contribution is -2.15. The summed E-state index contributed by atoms with van der Waals surface area (Å²) in [7, 11) is 1.44. The maximum atomic E-state index is 11.6. The van der Waals surface area contributed by atoms with E-state index in [-0.39, 0.29) is 24.8 Å². The van der Waals surface area contributed by atoms with E-state index in [9.17, 15) is 24.8 Å². The predicted molar refractivity (Wildman–Crippen MR) is 97.2 cm³/mol. The Morgan fingerprint density at radius 2 is 2.11 bits per heavy atom. The fourth-order valence-electron chi connectivity index (χ4n) is 2.14. The SMILES string of the molecule is CCOC(=O)COc1cc(/C=C/c2nc(O)c([N+](=O)[O-])c(=O)[nH]2)ccc1OC. The smallest absolute Gasteiger partial charge is 0.395 e. The van der Waals surface area contributed by atoms with E-state index in [1.807, 2.05) is 0 Å². The number of hydrogen-bond acceptors (Lipinski definition) is 9. The Labute approximate surface area is 158 Å². The molecule has 0 bridgehead atoms. The van der Waals surface area contributed by atoms with Gasteiger partial charge < -0.3 is 24.3 Å². The van der Waals surface area contributed by atoms with Gasteiger partial charge in [-0.2, -0.15) is 4.98 Å². The van der Waals surface area contributed by atoms with Gasteiger partial charge in [0, 0.05) is 0 Å². The van der Waals surface area contributed by atoms with Crippen molar-refractivity contribution < 1.29 is 29.0 Å². The number of aromatic nitrogens is 2. The summed E-state index contributed by atoms with van der Waals surface area (Å²) in [5, 5.41) is 20.2. The average molecular weight is 391 g/mol. The summed E-state index contributed by atoms with van der Waals surface area (Å²) in [4.78, 5) is 38.5. The molecule has 11 nitrogen and oxygen atoms in total. The molecule has 2 rings (SSSR count). The van der Waals surface area contributed by atoms with Gasteiger partial charge in [0.15, 0.2) is 18.1 Å². The molecule has 0 atom stereocenters. The Hall–Kier alpha value is -3.89. The number of aromatic amines is 1. The molecule has 28 heavy (non-hydrogen) atoms. The molecule has 1 heterocycles. The Bertz CT molecular complexity index is 967. The van der Waals surface area contributed by atoms with Gasteiger partial charge >= 0.3 is 17.2 Å². The van der Waals surface area contributed by atoms with Crippen molar-refractivity contribution in [3.63, 3.8) is 0 Å². The van der Waals surface area contributed by atoms with Crippen molar-refractivity contribution >= 4 is 23.8 Å². The number of nitrogens with one attached hydrogen (secondary N) is 1. The van der Waals surface area contributed by atoms with E-state index in [0.717, 1.165) is 0 Å². The largest absolute Gasteiger partial charge is 0.493 e. The zero-order valence-electron chi connectivity index (χ0n) is 15.0. The van der Waals surface area contributed by atoms with Crippen LogP contribution < -0.4 is 15.0 Å². The number of carbonyl (C=O) groups excluding carboxylic acids is 1. The average Bonchev–Trinajstić information content (AvgIpc) is 2.64. The summed E-state index contributed by atoms with van der Waals surface area (Å²) >= 11 is 0. The number of esters is 1. The van der Waals surface area contributed by atoms with E-state index in [1.54, 1.807) is 25.1 Å². The van der Waals surface area contributed by atoms with Crippen LogP contribution in [0.1, 0.15) is 18.3 Å². The van der Waals surface area contributed by atoms with Crippen LogP contribution in [0.15, 0.2) is 23.0 Å². The standard InChI is InChI=1S/C17H17N3O8/c1-3-27-14(21)9-28-12-8-10(4-6-11(12)26-2)5-7-13-18-16(22)15(20(24)25)17(23)19-13/h4-8H,3,9H2,1-2H3,(H2,18,19,22,23)/b7-5+. The van der Waals surface area contributed by atoms with Crippen LogP contribution in [0, 0.1) is 10.1 Å². The molecule has 0 aliphatic rings. The molecule has 1 aromatic heterocycles. The van der Waals surface area contributed by atoms with Crippen molar-refractivity contribution in [2.75, 3.05) is 20.3 Å². The highest BCUT2D eigenvalue weighted by atomic mass is 16.6. The first-order valence-electron chi connectivity index (χ1n) is 7.98. The molecule has 0 radical (unpaired) electrons. The summed E-state index contributed by atoms with van der Waals surface area (Å²) in [6, 6.07) is 4.83. The Morgan fingerprint density at radius 3 is 2.71 bits per heavy atom. The first-order valence-corrected chi connectivity index (χ1v) is 7.98. The van der Waals surface area contributed by atoms with Crippen molar-refractivity contribution in [1.82, 2.24) is 9.97 Å². The lowest BCUT2D eigenvalue weighted by Gasteiger charge is -2.11. The predicted octanol–water partition coefficient (Wildman–Crippen LogP) is 1.50. The van der Waals surface area contributed by atoms with E-state index >= 15 is 0 Å². The number of rotatable bonds is 8. The Balaban J connectivity index is 2.24. The van der Waals surface area contributed by atoms with E-state index < -0.39 is 28.0 Å². The van der Waals surface area contributed by atoms with Crippen LogP contribution in [0.25, 0.3) is 12.2 Å². The molecule has 0 aliphatic heterocycles. The van der Waals surface area contributed by atoms with Gasteiger partial charge in [-0.3, -0.25) is 14.9 Å². The topological polar surface area (TPSA) is 154 Å². The van der Waals surface area contributed by atoms with Crippen LogP contribution in [-0.2, 0) is 9.53 Å². The van der Waals surface area contributed by atoms with Crippen LogP contribution in [0.4, 0.5) is 5.69 Å². The van der Waals surface area contributed by atoms with Gasteiger partial charge in [-0.1, -0.05) is 12.1 Å². The second-order valence-electron chi connectivity index (χ2n) is 5.22. The molecule has 0 amide bonds. The van der Waals surface area contributed by atoms with Crippen molar-refractivity contribution in [1.29, 1.82) is 0 Å². The summed E-state index contributed by atoms with van der Waals surface area (Å²) in [6.45, 7) is 1.61. The summed E-state index contributed by atoms with van der Waals surface area (Å²) in [5.41, 5.74) is -1.53. The minimum atomic E-state index is -1.08. The van der Waals surface area contributed by atoms with Gasteiger partial charge in [0.25, 0.3) is 5.88 Å². The molecule has 2 N–H and O–H groups in total. The van der Waals surface area contributed by atoms with Crippen LogP contribution in [0.3, 0.4) is 0 Å². The molecule has 0 fully saturated rings. The number of nitro groups is 1. The minimum absolute atomic E-state index is 0.0853. The molecular weight excluding hydrogens is 374 g/mol. The number of aromatic hydroxyl groups is 1. The van der Waals surface area contributed by atoms with Gasteiger partial charge in [0.1, 0.15) is 5.82 Å². The molecule has 0 saturated carbocycles. The first-order chi connectivity index (χ1) is 13.3. The Morgan fingerprint density at radius 1 is 1.36 bits per heavy atom. The molecule has 11 heteroatoms. The molecule has 2 aromatic rings. The highest BCUT2D eigenvalue weighted by molar-refractivity contribution is 5.72. The molecule has 0 spiro atoms. The number of benzene rings is 1. The van der Waals surface area contributed by atoms with Crippen LogP contribution in [-0.4, -0.2) is 46.3 Å². The van der Waals surface area contributed by atoms with E-state index in [0.29, 0.717) is 11.3 Å². The number of hydrogen-bond donors (Lipinski definition) is 2. The van der Waals surface area contributed by atoms with E-state index in [2.05, 4.69) is 9.97 Å². The van der Waals surface area contributed by atoms with Gasteiger partial charge in [-0.25, -0.2) is 4.79 Å². The van der Waals surface area contributed by atoms with E-state index in [1.165, 1.54) is 19.3 Å². The van der Waals surface area contributed by atoms with Crippen molar-refractivity contribution in [2.24, 2.45) is 0 Å². The second kappa shape index (κ2) is 9.16. The van der Waals surface area contributed by atoms with Gasteiger partial charge in [0.05, 0.1) is 18.6 Å². The Kier molecular flexibility index (Phi) is 6.68. The van der Waals surface area contributed by atoms with E-state index in [4.69, 9.17) is 14.2 Å². The third-order valence-electron chi connectivity index (χ3n) is 3.35. The summed E-state index contributed by atoms with van der Waals surface area (Å²) < 4.78 is 15.3. The maximum Gasteiger partial charge on any atom is 0.395 e. The monoisotopic (exact) mass is 391 g/mol. The molecule has 148 valence electrons. The van der Waals surface area contributed by atoms with Crippen molar-refractivity contribution in [3.8, 4) is 17.4 Å². The highest BCUT2D eigenvalue weighted by Crippen LogP contribution is 2.29. The summed E-state index contributed by atoms with van der Waals surface area (Å²) in [6.07, 6.45) is 2.85. The molecule has 0 saturated heterocycles. The number of methoxy groups -OCH3 is 1. The molecule has 0 aliphatic carbocycles. The van der Waals surface area contributed by atoms with Gasteiger partial charge in [0.2, 0.25) is 0 Å². The lowest BCUT2D eigenvalue weighted by atomic mass is 10.2. The third kappa shape index (κ3) is 5.06. The maximum absolute atomic E-state index is 11.6. The highest BCUT2D eigenvalue weighted by Gasteiger charge is 2.21. The number of carbonyl (C=O) groups is 1. The van der Waals surface area contributed by atoms with Crippen molar-refractivity contribution in [2.45, 2.75) is 6.92 Å². The fraction of sp³-hybridized carbons (Fsp3) is 0.235. The van der Waals surface area contributed by atoms with Crippen LogP contribution in [0.5, 0.6) is 17.4 Å². The van der Waals surface area contributed by atoms with Crippen LogP contribution >= 0.6 is 0 Å². The first kappa shape index (κ1) is 20.4. The zero-order chi connectivity index (χ0) is 20.7. The number of H-pyrrole nitrogens is 1. The lowest BCUT2D eigenvalue weighted by molar-refractivity contribution is -0.387. The minimum Gasteiger partial charge on any atom is -0.493 e. The normalized spacial score (nSPS) is 10.6. The quantitative estimate of drug-likeness (QED) is 0.387. The van der Waals surface area contributed by atoms with Gasteiger partial charge in [-0.05, 0) is 30.7 Å². The number of nitrogens with zero attached hydrogens (tertiary/aromatic N) is 2. The molecular formula is C17H17N3O8. The van der Waals surface area contributed by atoms with Crippen molar-refractivity contribution in [3.05, 3.63) is 50.1 Å². The molecule has 0 unspecified atom stereocenters. The van der Waals surface area contributed by atoms with Crippen LogP contribution in [0.2, 0.25) is 0 Å². The second-order valence-corrected chi connectivity index (χ2v) is 5.22. The summed E-state index contributed by atoms with van der Waals surface area (Å²) in [5.74, 6) is -0.931. The fourth-order valence-corrected chi connectivity index (χ4v) is 2.14. The van der Waals surface area contributed by atoms with Gasteiger partial charge in [-0.15, -0.1) is 0 Å². The molecule has 1 aromatic carbocycles. The third-order valence-corrected chi connectivity index (χ3v) is 3.35. The number of ether oxygens (including phenoxy) is 3.